The van der Waals surface area contributed by atoms with Crippen LogP contribution in [0.2, 0.25) is 0 Å². The van der Waals surface area contributed by atoms with Crippen LogP contribution in [0.15, 0.2) is 18.3 Å². The molecule has 0 bridgehead atoms. The average Bonchev–Trinajstić information content (AvgIpc) is 3.22. The molecule has 0 aliphatic carbocycles. The topological polar surface area (TPSA) is 92.1 Å². The Balaban J connectivity index is 1.98. The molecule has 4 heterocycles. The molecule has 1 aliphatic rings. The average molecular weight is 356 g/mol. The van der Waals surface area contributed by atoms with E-state index in [1.807, 2.05) is 19.2 Å². The minimum absolute atomic E-state index is 0.217. The monoisotopic (exact) mass is 356 g/mol. The van der Waals surface area contributed by atoms with Crippen LogP contribution >= 0.6 is 0 Å². The zero-order valence-corrected chi connectivity index (χ0v) is 15.5. The minimum atomic E-state index is -1.03. The van der Waals surface area contributed by atoms with E-state index in [0.29, 0.717) is 18.9 Å². The van der Waals surface area contributed by atoms with Crippen molar-refractivity contribution in [3.8, 4) is 11.4 Å². The number of aryl methyl sites for hydroxylation is 1. The van der Waals surface area contributed by atoms with Crippen molar-refractivity contribution >= 4 is 16.9 Å². The molecular weight excluding hydrogens is 332 g/mol. The summed E-state index contributed by atoms with van der Waals surface area (Å²) in [5.74, 6) is 0.829. The molecule has 8 heteroatoms. The molecule has 0 unspecified atom stereocenters. The number of ether oxygens (including phenoxy) is 1. The van der Waals surface area contributed by atoms with Gasteiger partial charge in [-0.2, -0.15) is 10.2 Å². The van der Waals surface area contributed by atoms with Crippen LogP contribution in [-0.2, 0) is 17.4 Å². The van der Waals surface area contributed by atoms with Crippen LogP contribution in [0.3, 0.4) is 0 Å². The lowest BCUT2D eigenvalue weighted by Crippen LogP contribution is -2.44. The van der Waals surface area contributed by atoms with Gasteiger partial charge in [0.15, 0.2) is 0 Å². The third kappa shape index (κ3) is 2.75. The lowest BCUT2D eigenvalue weighted by atomic mass is 9.97. The van der Waals surface area contributed by atoms with Gasteiger partial charge in [-0.1, -0.05) is 0 Å². The lowest BCUT2D eigenvalue weighted by molar-refractivity contribution is 0.0795. The van der Waals surface area contributed by atoms with Gasteiger partial charge in [0.2, 0.25) is 0 Å². The van der Waals surface area contributed by atoms with Crippen LogP contribution in [0.5, 0.6) is 0 Å². The second-order valence-corrected chi connectivity index (χ2v) is 7.33. The first-order chi connectivity index (χ1) is 12.4. The Morgan fingerprint density at radius 3 is 2.85 bits per heavy atom. The van der Waals surface area contributed by atoms with E-state index in [1.165, 1.54) is 0 Å². The number of nitrogens with one attached hydrogen (secondary N) is 1. The number of hydrogen-bond acceptors (Lipinski definition) is 6. The normalized spacial score (nSPS) is 18.7. The van der Waals surface area contributed by atoms with E-state index in [2.05, 4.69) is 27.1 Å². The molecule has 3 aromatic rings. The van der Waals surface area contributed by atoms with Gasteiger partial charge in [0.05, 0.1) is 30.4 Å². The Labute approximate surface area is 151 Å². The lowest BCUT2D eigenvalue weighted by Gasteiger charge is -2.35. The van der Waals surface area contributed by atoms with Crippen LogP contribution in [0, 0.1) is 0 Å². The maximum atomic E-state index is 10.8. The molecule has 26 heavy (non-hydrogen) atoms. The van der Waals surface area contributed by atoms with E-state index >= 15 is 0 Å². The van der Waals surface area contributed by atoms with Gasteiger partial charge < -0.3 is 14.7 Å². The van der Waals surface area contributed by atoms with Crippen LogP contribution in [0.1, 0.15) is 26.3 Å². The summed E-state index contributed by atoms with van der Waals surface area (Å²) in [4.78, 5) is 7.14. The molecule has 0 radical (unpaired) electrons. The maximum absolute atomic E-state index is 10.8. The van der Waals surface area contributed by atoms with Crippen molar-refractivity contribution in [3.05, 3.63) is 23.9 Å². The Bertz CT molecular complexity index is 925. The molecule has 1 saturated heterocycles. The molecule has 0 aromatic carbocycles. The van der Waals surface area contributed by atoms with Crippen LogP contribution < -0.4 is 4.90 Å². The van der Waals surface area contributed by atoms with E-state index in [-0.39, 0.29) is 6.04 Å². The minimum Gasteiger partial charge on any atom is -0.386 e. The first-order valence-corrected chi connectivity index (χ1v) is 8.81. The maximum Gasteiger partial charge on any atom is 0.139 e. The summed E-state index contributed by atoms with van der Waals surface area (Å²) in [5.41, 5.74) is 2.78. The van der Waals surface area contributed by atoms with Gasteiger partial charge >= 0.3 is 0 Å². The summed E-state index contributed by atoms with van der Waals surface area (Å²) in [6.07, 6.45) is 1.76. The van der Waals surface area contributed by atoms with Gasteiger partial charge in [0, 0.05) is 25.4 Å². The number of H-pyrrole nitrogens is 1. The van der Waals surface area contributed by atoms with Crippen molar-refractivity contribution in [3.63, 3.8) is 0 Å². The molecule has 0 saturated carbocycles. The molecule has 1 atom stereocenters. The Kier molecular flexibility index (Phi) is 3.96. The number of aliphatic hydroxyl groups is 1. The second-order valence-electron chi connectivity index (χ2n) is 7.33. The standard InChI is InChI=1S/C18H24N6O2/c1-11-10-26-8-7-24(11)14-9-12(18(2,3)25)17-16(20-14)15(22-23(17)4)13-5-6-19-21-13/h5-6,9,11,25H,7-8,10H2,1-4H3,(H,19,21)/t11-/m1/s1. The third-order valence-electron chi connectivity index (χ3n) is 4.84. The number of fused-ring (bicyclic) bond motifs is 1. The largest absolute Gasteiger partial charge is 0.386 e. The van der Waals surface area contributed by atoms with Crippen molar-refractivity contribution < 1.29 is 9.84 Å². The summed E-state index contributed by atoms with van der Waals surface area (Å²) in [7, 11) is 1.87. The molecule has 3 aromatic heterocycles. The first kappa shape index (κ1) is 17.0. The van der Waals surface area contributed by atoms with Gasteiger partial charge in [0.1, 0.15) is 22.7 Å². The number of pyridine rings is 1. The zero-order chi connectivity index (χ0) is 18.5. The highest BCUT2D eigenvalue weighted by Gasteiger charge is 2.29. The molecule has 0 spiro atoms. The highest BCUT2D eigenvalue weighted by atomic mass is 16.5. The molecule has 1 fully saturated rings. The van der Waals surface area contributed by atoms with E-state index in [9.17, 15) is 5.11 Å². The number of hydrogen-bond donors (Lipinski definition) is 2. The first-order valence-electron chi connectivity index (χ1n) is 8.81. The Morgan fingerprint density at radius 1 is 1.38 bits per heavy atom. The molecule has 4 rings (SSSR count). The summed E-state index contributed by atoms with van der Waals surface area (Å²) in [6, 6.07) is 4.06. The molecule has 8 nitrogen and oxygen atoms in total. The molecule has 138 valence electrons. The van der Waals surface area contributed by atoms with Gasteiger partial charge in [-0.25, -0.2) is 4.98 Å². The zero-order valence-electron chi connectivity index (χ0n) is 15.5. The van der Waals surface area contributed by atoms with Gasteiger partial charge in [-0.3, -0.25) is 9.78 Å². The van der Waals surface area contributed by atoms with Crippen LogP contribution in [0.4, 0.5) is 5.82 Å². The van der Waals surface area contributed by atoms with E-state index in [4.69, 9.17) is 9.72 Å². The van der Waals surface area contributed by atoms with Crippen molar-refractivity contribution in [2.75, 3.05) is 24.7 Å². The number of rotatable bonds is 3. The number of aromatic nitrogens is 5. The van der Waals surface area contributed by atoms with Gasteiger partial charge in [-0.05, 0) is 32.9 Å². The van der Waals surface area contributed by atoms with E-state index in [0.717, 1.165) is 34.7 Å². The fraction of sp³-hybridized carbons (Fsp3) is 0.500. The van der Waals surface area contributed by atoms with Crippen molar-refractivity contribution in [2.24, 2.45) is 7.05 Å². The fourth-order valence-electron chi connectivity index (χ4n) is 3.51. The van der Waals surface area contributed by atoms with Crippen LogP contribution in [-0.4, -0.2) is 55.9 Å². The Morgan fingerprint density at radius 2 is 2.19 bits per heavy atom. The number of nitrogens with zero attached hydrogens (tertiary/aromatic N) is 5. The predicted octanol–water partition coefficient (Wildman–Crippen LogP) is 1.81. The van der Waals surface area contributed by atoms with Gasteiger partial charge in [0.25, 0.3) is 0 Å². The second kappa shape index (κ2) is 6.07. The van der Waals surface area contributed by atoms with Crippen molar-refractivity contribution in [1.82, 2.24) is 25.0 Å². The van der Waals surface area contributed by atoms with Crippen molar-refractivity contribution in [2.45, 2.75) is 32.4 Å². The highest BCUT2D eigenvalue weighted by Crippen LogP contribution is 2.35. The Hall–Kier alpha value is -2.45. The van der Waals surface area contributed by atoms with E-state index in [1.54, 1.807) is 24.7 Å². The molecule has 2 N–H and O–H groups in total. The molecule has 1 aliphatic heterocycles. The summed E-state index contributed by atoms with van der Waals surface area (Å²) < 4.78 is 7.33. The third-order valence-corrected chi connectivity index (χ3v) is 4.84. The molecular formula is C18H24N6O2. The summed E-state index contributed by atoms with van der Waals surface area (Å²) in [6.45, 7) is 7.79. The SMILES string of the molecule is C[C@@H]1COCCN1c1cc(C(C)(C)O)c2c(n1)c(-c1cc[nH]n1)nn2C. The van der Waals surface area contributed by atoms with Crippen molar-refractivity contribution in [1.29, 1.82) is 0 Å². The van der Waals surface area contributed by atoms with Gasteiger partial charge in [-0.15, -0.1) is 0 Å². The summed E-state index contributed by atoms with van der Waals surface area (Å²) in [5, 5.41) is 22.5. The van der Waals surface area contributed by atoms with Crippen LogP contribution in [0.25, 0.3) is 22.4 Å². The quantitative estimate of drug-likeness (QED) is 0.744. The predicted molar refractivity (Wildman–Crippen MR) is 99.0 cm³/mol. The number of morpholine rings is 1. The highest BCUT2D eigenvalue weighted by molar-refractivity contribution is 5.92. The smallest absolute Gasteiger partial charge is 0.139 e. The fourth-order valence-corrected chi connectivity index (χ4v) is 3.51. The summed E-state index contributed by atoms with van der Waals surface area (Å²) >= 11 is 0. The molecule has 0 amide bonds. The number of aromatic amines is 1. The van der Waals surface area contributed by atoms with E-state index < -0.39 is 5.60 Å². The number of anilines is 1.